The van der Waals surface area contributed by atoms with E-state index in [1.54, 1.807) is 12.1 Å². The number of hydrogen-bond acceptors (Lipinski definition) is 3. The van der Waals surface area contributed by atoms with Gasteiger partial charge in [0.1, 0.15) is 12.4 Å². The average molecular weight is 270 g/mol. The molecule has 0 spiro atoms. The van der Waals surface area contributed by atoms with Crippen LogP contribution in [0.2, 0.25) is 0 Å². The Bertz CT molecular complexity index is 626. The van der Waals surface area contributed by atoms with Gasteiger partial charge in [0, 0.05) is 17.0 Å². The largest absolute Gasteiger partial charge is 0.478 e. The smallest absolute Gasteiger partial charge is 0.405 e. The Morgan fingerprint density at radius 3 is 2.47 bits per heavy atom. The fourth-order valence-corrected chi connectivity index (χ4v) is 1.69. The number of hydrogen-bond donors (Lipinski definition) is 2. The molecule has 0 aliphatic rings. The molecule has 1 heterocycles. The summed E-state index contributed by atoms with van der Waals surface area (Å²) < 4.78 is 36.5. The van der Waals surface area contributed by atoms with E-state index in [1.165, 1.54) is 12.1 Å². The molecule has 0 aliphatic heterocycles. The second-order valence-electron chi connectivity index (χ2n) is 3.84. The Labute approximate surface area is 105 Å². The molecule has 0 bridgehead atoms. The molecule has 7 heteroatoms. The molecule has 0 fully saturated rings. The van der Waals surface area contributed by atoms with Crippen molar-refractivity contribution in [1.29, 1.82) is 0 Å². The molecule has 0 saturated carbocycles. The van der Waals surface area contributed by atoms with Gasteiger partial charge in [0.2, 0.25) is 0 Å². The van der Waals surface area contributed by atoms with Crippen LogP contribution in [0.5, 0.6) is 0 Å². The van der Waals surface area contributed by atoms with E-state index in [4.69, 9.17) is 5.11 Å². The van der Waals surface area contributed by atoms with Gasteiger partial charge in [0.05, 0.1) is 5.56 Å². The molecule has 1 aromatic carbocycles. The van der Waals surface area contributed by atoms with Crippen molar-refractivity contribution in [3.05, 3.63) is 36.0 Å². The summed E-state index contributed by atoms with van der Waals surface area (Å²) in [4.78, 5) is 14.7. The van der Waals surface area contributed by atoms with Gasteiger partial charge in [-0.15, -0.1) is 0 Å². The molecule has 2 N–H and O–H groups in total. The fraction of sp³-hybridized carbons (Fsp3) is 0.167. The summed E-state index contributed by atoms with van der Waals surface area (Å²) in [5.41, 5.74) is -0.0480. The van der Waals surface area contributed by atoms with Crippen molar-refractivity contribution in [1.82, 2.24) is 4.98 Å². The van der Waals surface area contributed by atoms with E-state index < -0.39 is 18.7 Å². The predicted molar refractivity (Wildman–Crippen MR) is 63.2 cm³/mol. The molecule has 2 rings (SSSR count). The highest BCUT2D eigenvalue weighted by atomic mass is 19.4. The number of fused-ring (bicyclic) bond motifs is 1. The summed E-state index contributed by atoms with van der Waals surface area (Å²) in [5, 5.41) is 11.8. The molecule has 4 nitrogen and oxygen atoms in total. The minimum Gasteiger partial charge on any atom is -0.478 e. The number of carboxylic acids is 1. The third kappa shape index (κ3) is 2.93. The lowest BCUT2D eigenvalue weighted by Gasteiger charge is -2.12. The summed E-state index contributed by atoms with van der Waals surface area (Å²) >= 11 is 0. The first-order chi connectivity index (χ1) is 8.88. The highest BCUT2D eigenvalue weighted by Crippen LogP contribution is 2.25. The highest BCUT2D eigenvalue weighted by Gasteiger charge is 2.27. The number of nitrogens with zero attached hydrogens (tertiary/aromatic N) is 1. The standard InChI is InChI=1S/C12H9F3N2O2/c13-12(14,15)6-17-10-8-4-2-1-3-7(8)9(5-16-10)11(18)19/h1-5H,6H2,(H,16,17)(H,18,19). The summed E-state index contributed by atoms with van der Waals surface area (Å²) in [5.74, 6) is -1.16. The Morgan fingerprint density at radius 2 is 1.89 bits per heavy atom. The predicted octanol–water partition coefficient (Wildman–Crippen LogP) is 2.91. The molecule has 0 radical (unpaired) electrons. The summed E-state index contributed by atoms with van der Waals surface area (Å²) in [6.07, 6.45) is -3.32. The van der Waals surface area contributed by atoms with Crippen LogP contribution in [0.1, 0.15) is 10.4 Å². The third-order valence-corrected chi connectivity index (χ3v) is 2.48. The van der Waals surface area contributed by atoms with Crippen molar-refractivity contribution in [3.63, 3.8) is 0 Å². The average Bonchev–Trinajstić information content (AvgIpc) is 2.34. The van der Waals surface area contributed by atoms with Gasteiger partial charge in [-0.05, 0) is 0 Å². The van der Waals surface area contributed by atoms with Crippen molar-refractivity contribution in [2.75, 3.05) is 11.9 Å². The van der Waals surface area contributed by atoms with Gasteiger partial charge >= 0.3 is 12.1 Å². The van der Waals surface area contributed by atoms with Crippen LogP contribution in [0.3, 0.4) is 0 Å². The van der Waals surface area contributed by atoms with Crippen LogP contribution in [0, 0.1) is 0 Å². The first-order valence-corrected chi connectivity index (χ1v) is 5.30. The van der Waals surface area contributed by atoms with Crippen LogP contribution in [-0.2, 0) is 0 Å². The fourth-order valence-electron chi connectivity index (χ4n) is 1.69. The minimum absolute atomic E-state index is 0.0120. The lowest BCUT2D eigenvalue weighted by atomic mass is 10.1. The maximum absolute atomic E-state index is 12.2. The van der Waals surface area contributed by atoms with E-state index in [-0.39, 0.29) is 11.4 Å². The lowest BCUT2D eigenvalue weighted by molar-refractivity contribution is -0.115. The zero-order chi connectivity index (χ0) is 14.0. The number of carbonyl (C=O) groups is 1. The molecule has 2 aromatic rings. The second kappa shape index (κ2) is 4.75. The first kappa shape index (κ1) is 13.1. The van der Waals surface area contributed by atoms with Crippen molar-refractivity contribution < 1.29 is 23.1 Å². The summed E-state index contributed by atoms with van der Waals surface area (Å²) in [7, 11) is 0. The zero-order valence-corrected chi connectivity index (χ0v) is 9.53. The van der Waals surface area contributed by atoms with E-state index >= 15 is 0 Å². The normalized spacial score (nSPS) is 11.5. The number of benzene rings is 1. The van der Waals surface area contributed by atoms with Gasteiger partial charge in [-0.1, -0.05) is 24.3 Å². The minimum atomic E-state index is -4.37. The number of pyridine rings is 1. The van der Waals surface area contributed by atoms with Crippen molar-refractivity contribution in [2.24, 2.45) is 0 Å². The molecule has 0 saturated heterocycles. The Morgan fingerprint density at radius 1 is 1.26 bits per heavy atom. The topological polar surface area (TPSA) is 62.2 Å². The summed E-state index contributed by atoms with van der Waals surface area (Å²) in [6, 6.07) is 6.27. The second-order valence-corrected chi connectivity index (χ2v) is 3.84. The monoisotopic (exact) mass is 270 g/mol. The zero-order valence-electron chi connectivity index (χ0n) is 9.53. The maximum atomic E-state index is 12.2. The number of aromatic carboxylic acids is 1. The Hall–Kier alpha value is -2.31. The van der Waals surface area contributed by atoms with Gasteiger partial charge < -0.3 is 10.4 Å². The molecule has 0 aliphatic carbocycles. The molecule has 0 unspecified atom stereocenters. The highest BCUT2D eigenvalue weighted by molar-refractivity contribution is 6.06. The molecular weight excluding hydrogens is 261 g/mol. The van der Waals surface area contributed by atoms with Crippen molar-refractivity contribution >= 4 is 22.6 Å². The van der Waals surface area contributed by atoms with E-state index in [1.807, 2.05) is 0 Å². The number of aromatic nitrogens is 1. The third-order valence-electron chi connectivity index (χ3n) is 2.48. The van der Waals surface area contributed by atoms with E-state index in [2.05, 4.69) is 10.3 Å². The molecule has 100 valence electrons. The van der Waals surface area contributed by atoms with Crippen molar-refractivity contribution in [3.8, 4) is 0 Å². The van der Waals surface area contributed by atoms with Crippen molar-refractivity contribution in [2.45, 2.75) is 6.18 Å². The Balaban J connectivity index is 2.47. The number of rotatable bonds is 3. The molecule has 1 aromatic heterocycles. The number of nitrogens with one attached hydrogen (secondary N) is 1. The molecule has 0 amide bonds. The number of alkyl halides is 3. The van der Waals surface area contributed by atoms with Crippen LogP contribution in [-0.4, -0.2) is 28.8 Å². The van der Waals surface area contributed by atoms with Gasteiger partial charge in [0.15, 0.2) is 0 Å². The lowest BCUT2D eigenvalue weighted by Crippen LogP contribution is -2.22. The Kier molecular flexibility index (Phi) is 3.28. The van der Waals surface area contributed by atoms with Gasteiger partial charge in [0.25, 0.3) is 0 Å². The van der Waals surface area contributed by atoms with Crippen LogP contribution in [0.25, 0.3) is 10.8 Å². The van der Waals surface area contributed by atoms with E-state index in [9.17, 15) is 18.0 Å². The quantitative estimate of drug-likeness (QED) is 0.900. The maximum Gasteiger partial charge on any atom is 0.405 e. The number of anilines is 1. The first-order valence-electron chi connectivity index (χ1n) is 5.30. The van der Waals surface area contributed by atoms with Crippen LogP contribution in [0.15, 0.2) is 30.5 Å². The number of halogens is 3. The molecular formula is C12H9F3N2O2. The van der Waals surface area contributed by atoms with Gasteiger partial charge in [-0.3, -0.25) is 0 Å². The molecule has 19 heavy (non-hydrogen) atoms. The van der Waals surface area contributed by atoms with Crippen LogP contribution in [0.4, 0.5) is 19.0 Å². The van der Waals surface area contributed by atoms with Crippen LogP contribution < -0.4 is 5.32 Å². The number of carboxylic acid groups (broad SMARTS) is 1. The van der Waals surface area contributed by atoms with Crippen LogP contribution >= 0.6 is 0 Å². The van der Waals surface area contributed by atoms with E-state index in [0.717, 1.165) is 6.20 Å². The van der Waals surface area contributed by atoms with Gasteiger partial charge in [-0.2, -0.15) is 13.2 Å². The van der Waals surface area contributed by atoms with Gasteiger partial charge in [-0.25, -0.2) is 9.78 Å². The molecule has 0 atom stereocenters. The van der Waals surface area contributed by atoms with E-state index in [0.29, 0.717) is 10.8 Å². The summed E-state index contributed by atoms with van der Waals surface area (Å²) in [6.45, 7) is -1.23. The SMILES string of the molecule is O=C(O)c1cnc(NCC(F)(F)F)c2ccccc12.